The topological polar surface area (TPSA) is 93.5 Å². The van der Waals surface area contributed by atoms with Gasteiger partial charge in [0.05, 0.1) is 12.2 Å². The quantitative estimate of drug-likeness (QED) is 0.616. The summed E-state index contributed by atoms with van der Waals surface area (Å²) < 4.78 is 7.18. The number of anilines is 1. The van der Waals surface area contributed by atoms with Gasteiger partial charge in [-0.25, -0.2) is 0 Å². The zero-order chi connectivity index (χ0) is 18.8. The Hall–Kier alpha value is -2.48. The van der Waals surface area contributed by atoms with Crippen LogP contribution in [-0.4, -0.2) is 32.9 Å². The number of nitrogens with one attached hydrogen (secondary N) is 1. The van der Waals surface area contributed by atoms with E-state index in [0.717, 1.165) is 11.3 Å². The highest BCUT2D eigenvalue weighted by molar-refractivity contribution is 7.99. The van der Waals surface area contributed by atoms with Gasteiger partial charge in [-0.05, 0) is 30.4 Å². The summed E-state index contributed by atoms with van der Waals surface area (Å²) in [4.78, 5) is 29.2. The van der Waals surface area contributed by atoms with Crippen molar-refractivity contribution in [1.82, 2.24) is 9.55 Å². The predicted molar refractivity (Wildman–Crippen MR) is 100 cm³/mol. The van der Waals surface area contributed by atoms with Crippen LogP contribution in [0, 0.1) is 0 Å². The second-order valence-electron chi connectivity index (χ2n) is 5.92. The van der Waals surface area contributed by atoms with Crippen LogP contribution in [0.2, 0.25) is 0 Å². The molecular weight excluding hydrogens is 354 g/mol. The molecule has 0 aliphatic carbocycles. The number of hydrogen-bond acceptors (Lipinski definition) is 6. The van der Waals surface area contributed by atoms with Gasteiger partial charge >= 0.3 is 0 Å². The summed E-state index contributed by atoms with van der Waals surface area (Å²) in [5.74, 6) is 1.00. The van der Waals surface area contributed by atoms with Crippen molar-refractivity contribution >= 4 is 23.5 Å². The number of nitrogens with zero attached hydrogens (tertiary/aromatic N) is 2. The lowest BCUT2D eigenvalue weighted by Crippen LogP contribution is -2.33. The van der Waals surface area contributed by atoms with E-state index in [2.05, 4.69) is 10.3 Å². The second-order valence-corrected chi connectivity index (χ2v) is 7.15. The summed E-state index contributed by atoms with van der Waals surface area (Å²) in [6.07, 6.45) is 0.139. The van der Waals surface area contributed by atoms with Gasteiger partial charge in [-0.3, -0.25) is 9.59 Å². The molecule has 1 aliphatic rings. The molecular formula is C18H21N3O4S. The molecule has 2 aromatic rings. The number of fused-ring (bicyclic) bond motifs is 1. The maximum Gasteiger partial charge on any atom is 0.279 e. The van der Waals surface area contributed by atoms with E-state index < -0.39 is 5.92 Å². The van der Waals surface area contributed by atoms with E-state index >= 15 is 0 Å². The normalized spacial score (nSPS) is 16.1. The van der Waals surface area contributed by atoms with Crippen molar-refractivity contribution in [1.29, 1.82) is 0 Å². The summed E-state index contributed by atoms with van der Waals surface area (Å²) in [6.45, 7) is 4.20. The molecule has 0 fully saturated rings. The third kappa shape index (κ3) is 3.29. The van der Waals surface area contributed by atoms with Crippen LogP contribution in [0.5, 0.6) is 11.5 Å². The molecule has 138 valence electrons. The predicted octanol–water partition coefficient (Wildman–Crippen LogP) is 2.47. The summed E-state index contributed by atoms with van der Waals surface area (Å²) >= 11 is 1.45. The van der Waals surface area contributed by atoms with Gasteiger partial charge in [0.15, 0.2) is 16.7 Å². The van der Waals surface area contributed by atoms with Crippen molar-refractivity contribution in [2.75, 3.05) is 17.7 Å². The van der Waals surface area contributed by atoms with Gasteiger partial charge in [0.1, 0.15) is 5.82 Å². The minimum atomic E-state index is -0.439. The largest absolute Gasteiger partial charge is 0.504 e. The minimum Gasteiger partial charge on any atom is -0.504 e. The van der Waals surface area contributed by atoms with Gasteiger partial charge in [-0.15, -0.1) is 0 Å². The minimum absolute atomic E-state index is 0.0248. The number of thioether (sulfide) groups is 1. The van der Waals surface area contributed by atoms with Crippen LogP contribution in [-0.2, 0) is 11.8 Å². The molecule has 1 aromatic heterocycles. The SMILES string of the molecule is CCOc1cc([C@H]2CC(=O)Nc3c2c(=O)nc(SCC)n3C)ccc1O. The third-order valence-electron chi connectivity index (χ3n) is 4.26. The Morgan fingerprint density at radius 2 is 2.15 bits per heavy atom. The van der Waals surface area contributed by atoms with Gasteiger partial charge in [0, 0.05) is 19.4 Å². The van der Waals surface area contributed by atoms with Crippen molar-refractivity contribution in [3.8, 4) is 11.5 Å². The number of phenols is 1. The number of ether oxygens (including phenoxy) is 1. The molecule has 0 bridgehead atoms. The first-order valence-electron chi connectivity index (χ1n) is 8.45. The fourth-order valence-corrected chi connectivity index (χ4v) is 3.79. The molecule has 26 heavy (non-hydrogen) atoms. The number of benzene rings is 1. The average molecular weight is 375 g/mol. The van der Waals surface area contributed by atoms with Crippen LogP contribution in [0.1, 0.15) is 37.3 Å². The number of aromatic nitrogens is 2. The van der Waals surface area contributed by atoms with Gasteiger partial charge in [-0.1, -0.05) is 24.8 Å². The first-order chi connectivity index (χ1) is 12.5. The summed E-state index contributed by atoms with van der Waals surface area (Å²) in [7, 11) is 1.79. The number of phenolic OH excluding ortho intramolecular Hbond substituents is 1. The Morgan fingerprint density at radius 3 is 2.85 bits per heavy atom. The zero-order valence-corrected chi connectivity index (χ0v) is 15.7. The van der Waals surface area contributed by atoms with E-state index in [-0.39, 0.29) is 23.6 Å². The lowest BCUT2D eigenvalue weighted by atomic mass is 9.86. The van der Waals surface area contributed by atoms with E-state index in [4.69, 9.17) is 4.74 Å². The molecule has 2 heterocycles. The lowest BCUT2D eigenvalue weighted by molar-refractivity contribution is -0.116. The number of rotatable bonds is 5. The Morgan fingerprint density at radius 1 is 1.38 bits per heavy atom. The molecule has 0 unspecified atom stereocenters. The molecule has 2 N–H and O–H groups in total. The molecule has 3 rings (SSSR count). The fourth-order valence-electron chi connectivity index (χ4n) is 3.10. The van der Waals surface area contributed by atoms with Crippen LogP contribution in [0.3, 0.4) is 0 Å². The monoisotopic (exact) mass is 375 g/mol. The number of aromatic hydroxyl groups is 1. The highest BCUT2D eigenvalue weighted by Gasteiger charge is 2.32. The maximum absolute atomic E-state index is 12.7. The average Bonchev–Trinajstić information content (AvgIpc) is 2.61. The number of carbonyl (C=O) groups is 1. The molecule has 1 atom stereocenters. The summed E-state index contributed by atoms with van der Waals surface area (Å²) in [5.41, 5.74) is 0.850. The standard InChI is InChI=1S/C18H21N3O4S/c1-4-25-13-8-10(6-7-12(13)22)11-9-14(23)19-16-15(11)17(24)20-18(21(16)3)26-5-2/h6-8,11,22H,4-5,9H2,1-3H3,(H,19,23)/t11-/m1/s1. The number of amides is 1. The van der Waals surface area contributed by atoms with Crippen LogP contribution in [0.15, 0.2) is 28.2 Å². The lowest BCUT2D eigenvalue weighted by Gasteiger charge is -2.27. The van der Waals surface area contributed by atoms with Gasteiger partial charge in [0.25, 0.3) is 5.56 Å². The number of carbonyl (C=O) groups excluding carboxylic acids is 1. The zero-order valence-electron chi connectivity index (χ0n) is 14.9. The summed E-state index contributed by atoms with van der Waals surface area (Å²) in [5, 5.41) is 13.3. The Labute approximate surface area is 155 Å². The van der Waals surface area contributed by atoms with Crippen molar-refractivity contribution in [2.45, 2.75) is 31.3 Å². The van der Waals surface area contributed by atoms with Crippen LogP contribution in [0.25, 0.3) is 0 Å². The van der Waals surface area contributed by atoms with Gasteiger partial charge in [0.2, 0.25) is 5.91 Å². The van der Waals surface area contributed by atoms with Crippen molar-refractivity contribution in [2.24, 2.45) is 7.05 Å². The van der Waals surface area contributed by atoms with E-state index in [9.17, 15) is 14.7 Å². The van der Waals surface area contributed by atoms with Crippen LogP contribution < -0.4 is 15.6 Å². The van der Waals surface area contributed by atoms with E-state index in [0.29, 0.717) is 28.9 Å². The molecule has 1 amide bonds. The van der Waals surface area contributed by atoms with E-state index in [1.54, 1.807) is 23.7 Å². The molecule has 0 spiro atoms. The van der Waals surface area contributed by atoms with Crippen LogP contribution >= 0.6 is 11.8 Å². The third-order valence-corrected chi connectivity index (χ3v) is 5.17. The first kappa shape index (κ1) is 18.3. The number of hydrogen-bond donors (Lipinski definition) is 2. The Bertz CT molecular complexity index is 910. The van der Waals surface area contributed by atoms with Crippen molar-refractivity contribution < 1.29 is 14.6 Å². The van der Waals surface area contributed by atoms with Gasteiger partial charge in [-0.2, -0.15) is 4.98 Å². The van der Waals surface area contributed by atoms with Crippen molar-refractivity contribution in [3.63, 3.8) is 0 Å². The molecule has 7 nitrogen and oxygen atoms in total. The first-order valence-corrected chi connectivity index (χ1v) is 9.44. The molecule has 1 aromatic carbocycles. The second kappa shape index (κ2) is 7.41. The Kier molecular flexibility index (Phi) is 5.22. The smallest absolute Gasteiger partial charge is 0.279 e. The molecule has 8 heteroatoms. The maximum atomic E-state index is 12.7. The highest BCUT2D eigenvalue weighted by Crippen LogP contribution is 2.38. The summed E-state index contributed by atoms with van der Waals surface area (Å²) in [6, 6.07) is 4.91. The van der Waals surface area contributed by atoms with E-state index in [1.165, 1.54) is 17.8 Å². The van der Waals surface area contributed by atoms with Gasteiger partial charge < -0.3 is 19.7 Å². The highest BCUT2D eigenvalue weighted by atomic mass is 32.2. The fraction of sp³-hybridized carbons (Fsp3) is 0.389. The van der Waals surface area contributed by atoms with Crippen LogP contribution in [0.4, 0.5) is 5.82 Å². The molecule has 1 aliphatic heterocycles. The molecule has 0 radical (unpaired) electrons. The molecule has 0 saturated heterocycles. The van der Waals surface area contributed by atoms with E-state index in [1.807, 2.05) is 13.8 Å². The Balaban J connectivity index is 2.15. The molecule has 0 saturated carbocycles. The van der Waals surface area contributed by atoms with Crippen molar-refractivity contribution in [3.05, 3.63) is 39.7 Å².